The molecular weight excluding hydrogens is 408 g/mol. The Kier molecular flexibility index (Phi) is 6.33. The lowest BCUT2D eigenvalue weighted by Gasteiger charge is -2.13. The second kappa shape index (κ2) is 9.49. The third-order valence-electron chi connectivity index (χ3n) is 4.66. The molecule has 1 heterocycles. The fourth-order valence-corrected chi connectivity index (χ4v) is 3.98. The Morgan fingerprint density at radius 1 is 1.03 bits per heavy atom. The molecule has 0 aliphatic heterocycles. The highest BCUT2D eigenvalue weighted by Crippen LogP contribution is 2.30. The van der Waals surface area contributed by atoms with Crippen LogP contribution in [0.2, 0.25) is 0 Å². The summed E-state index contributed by atoms with van der Waals surface area (Å²) in [6, 6.07) is 23.2. The molecular formula is C24H24N4O2S. The highest BCUT2D eigenvalue weighted by molar-refractivity contribution is 7.22. The number of carbonyl (C=O) groups excluding carboxylic acids is 1. The number of fused-ring (bicyclic) bond motifs is 1. The first kappa shape index (κ1) is 20.7. The average Bonchev–Trinajstić information content (AvgIpc) is 3.19. The van der Waals surface area contributed by atoms with Crippen LogP contribution in [0.4, 0.5) is 16.5 Å². The van der Waals surface area contributed by atoms with Crippen LogP contribution in [0.15, 0.2) is 72.8 Å². The van der Waals surface area contributed by atoms with Crippen molar-refractivity contribution in [1.29, 1.82) is 0 Å². The molecule has 158 valence electrons. The normalized spacial score (nSPS) is 10.6. The van der Waals surface area contributed by atoms with Crippen LogP contribution in [-0.4, -0.2) is 38.1 Å². The summed E-state index contributed by atoms with van der Waals surface area (Å²) in [5.41, 5.74) is 3.56. The van der Waals surface area contributed by atoms with Crippen LogP contribution in [0.3, 0.4) is 0 Å². The summed E-state index contributed by atoms with van der Waals surface area (Å²) >= 11 is 1.52. The van der Waals surface area contributed by atoms with Gasteiger partial charge in [-0.1, -0.05) is 35.6 Å². The van der Waals surface area contributed by atoms with Gasteiger partial charge in [-0.3, -0.25) is 4.79 Å². The van der Waals surface area contributed by atoms with E-state index in [4.69, 9.17) is 4.74 Å². The summed E-state index contributed by atoms with van der Waals surface area (Å²) < 4.78 is 6.57. The van der Waals surface area contributed by atoms with Gasteiger partial charge in [0.05, 0.1) is 16.8 Å². The number of amides is 1. The number of nitrogens with one attached hydrogen (secondary N) is 2. The Hall–Kier alpha value is -3.58. The number of anilines is 3. The molecule has 7 heteroatoms. The van der Waals surface area contributed by atoms with E-state index in [1.54, 1.807) is 6.07 Å². The molecule has 31 heavy (non-hydrogen) atoms. The van der Waals surface area contributed by atoms with Crippen LogP contribution >= 0.6 is 11.3 Å². The minimum absolute atomic E-state index is 0.125. The summed E-state index contributed by atoms with van der Waals surface area (Å²) in [5, 5.41) is 7.05. The molecule has 0 atom stereocenters. The van der Waals surface area contributed by atoms with Gasteiger partial charge in [-0.15, -0.1) is 0 Å². The van der Waals surface area contributed by atoms with Crippen molar-refractivity contribution in [2.24, 2.45) is 0 Å². The summed E-state index contributed by atoms with van der Waals surface area (Å²) in [5.74, 6) is 0.666. The van der Waals surface area contributed by atoms with E-state index in [1.165, 1.54) is 11.3 Å². The third-order valence-corrected chi connectivity index (χ3v) is 5.60. The minimum atomic E-state index is -0.125. The maximum atomic E-state index is 12.5. The van der Waals surface area contributed by atoms with E-state index >= 15 is 0 Å². The van der Waals surface area contributed by atoms with Crippen LogP contribution in [0.25, 0.3) is 10.2 Å². The van der Waals surface area contributed by atoms with Crippen LogP contribution in [-0.2, 0) is 0 Å². The number of thiazole rings is 1. The number of aromatic nitrogens is 1. The maximum Gasteiger partial charge on any atom is 0.251 e. The zero-order chi connectivity index (χ0) is 21.6. The van der Waals surface area contributed by atoms with Crippen LogP contribution in [0, 0.1) is 0 Å². The molecule has 0 radical (unpaired) electrons. The van der Waals surface area contributed by atoms with E-state index < -0.39 is 0 Å². The number of para-hydroxylation sites is 1. The molecule has 0 aliphatic rings. The first-order valence-electron chi connectivity index (χ1n) is 9.99. The Morgan fingerprint density at radius 2 is 1.87 bits per heavy atom. The Bertz CT molecular complexity index is 1170. The summed E-state index contributed by atoms with van der Waals surface area (Å²) in [6.07, 6.45) is 0. The molecule has 0 unspecified atom stereocenters. The molecule has 3 aromatic carbocycles. The van der Waals surface area contributed by atoms with Crippen molar-refractivity contribution in [2.75, 3.05) is 37.5 Å². The van der Waals surface area contributed by atoms with Crippen molar-refractivity contribution >= 4 is 44.0 Å². The van der Waals surface area contributed by atoms with E-state index in [0.29, 0.717) is 18.7 Å². The first-order valence-corrected chi connectivity index (χ1v) is 10.8. The second-order valence-electron chi connectivity index (χ2n) is 7.19. The molecule has 0 saturated carbocycles. The third kappa shape index (κ3) is 5.32. The standard InChI is InChI=1S/C24H24N4O2S/c1-28(2)19-8-6-7-18(16-19)26-24-27-21-12-11-17(15-22(21)31-24)23(29)25-13-14-30-20-9-4-3-5-10-20/h3-12,15-16H,13-14H2,1-2H3,(H,25,29)(H,26,27). The van der Waals surface area contributed by atoms with Gasteiger partial charge in [0.25, 0.3) is 5.91 Å². The highest BCUT2D eigenvalue weighted by atomic mass is 32.1. The number of benzene rings is 3. The number of nitrogens with zero attached hydrogens (tertiary/aromatic N) is 2. The van der Waals surface area contributed by atoms with Gasteiger partial charge in [-0.2, -0.15) is 0 Å². The van der Waals surface area contributed by atoms with Crippen molar-refractivity contribution in [3.63, 3.8) is 0 Å². The molecule has 2 N–H and O–H groups in total. The molecule has 0 saturated heterocycles. The number of hydrogen-bond donors (Lipinski definition) is 2. The van der Waals surface area contributed by atoms with Crippen molar-refractivity contribution in [2.45, 2.75) is 0 Å². The molecule has 1 aromatic heterocycles. The zero-order valence-corrected chi connectivity index (χ0v) is 18.3. The topological polar surface area (TPSA) is 66.5 Å². The second-order valence-corrected chi connectivity index (χ2v) is 8.22. The molecule has 0 spiro atoms. The van der Waals surface area contributed by atoms with Gasteiger partial charge in [0, 0.05) is 31.0 Å². The van der Waals surface area contributed by atoms with Crippen molar-refractivity contribution in [3.05, 3.63) is 78.4 Å². The van der Waals surface area contributed by atoms with Gasteiger partial charge in [0.15, 0.2) is 5.13 Å². The van der Waals surface area contributed by atoms with Crippen molar-refractivity contribution in [3.8, 4) is 5.75 Å². The van der Waals surface area contributed by atoms with Gasteiger partial charge in [0.2, 0.25) is 0 Å². The van der Waals surface area contributed by atoms with Gasteiger partial charge in [-0.05, 0) is 48.5 Å². The van der Waals surface area contributed by atoms with Crippen LogP contribution in [0.5, 0.6) is 5.75 Å². The van der Waals surface area contributed by atoms with Gasteiger partial charge in [0.1, 0.15) is 12.4 Å². The van der Waals surface area contributed by atoms with E-state index in [0.717, 1.165) is 32.5 Å². The van der Waals surface area contributed by atoms with E-state index in [9.17, 15) is 4.79 Å². The van der Waals surface area contributed by atoms with Crippen molar-refractivity contribution in [1.82, 2.24) is 10.3 Å². The quantitative estimate of drug-likeness (QED) is 0.387. The van der Waals surface area contributed by atoms with E-state index in [-0.39, 0.29) is 5.91 Å². The molecule has 4 rings (SSSR count). The lowest BCUT2D eigenvalue weighted by molar-refractivity contribution is 0.0947. The molecule has 0 fully saturated rings. The fourth-order valence-electron chi connectivity index (χ4n) is 3.06. The Labute approximate surface area is 185 Å². The van der Waals surface area contributed by atoms with E-state index in [2.05, 4.69) is 32.7 Å². The fraction of sp³-hybridized carbons (Fsp3) is 0.167. The maximum absolute atomic E-state index is 12.5. The number of rotatable bonds is 8. The molecule has 1 amide bonds. The summed E-state index contributed by atoms with van der Waals surface area (Å²) in [4.78, 5) is 19.2. The Morgan fingerprint density at radius 3 is 2.68 bits per heavy atom. The van der Waals surface area contributed by atoms with E-state index in [1.807, 2.05) is 68.7 Å². The first-order chi connectivity index (χ1) is 15.1. The lowest BCUT2D eigenvalue weighted by atomic mass is 10.2. The number of ether oxygens (including phenoxy) is 1. The zero-order valence-electron chi connectivity index (χ0n) is 17.5. The molecule has 0 bridgehead atoms. The van der Waals surface area contributed by atoms with Crippen molar-refractivity contribution < 1.29 is 9.53 Å². The average molecular weight is 433 g/mol. The molecule has 6 nitrogen and oxygen atoms in total. The van der Waals surface area contributed by atoms with Gasteiger partial charge in [-0.25, -0.2) is 4.98 Å². The molecule has 0 aliphatic carbocycles. The smallest absolute Gasteiger partial charge is 0.251 e. The van der Waals surface area contributed by atoms with Crippen LogP contribution < -0.4 is 20.3 Å². The largest absolute Gasteiger partial charge is 0.492 e. The van der Waals surface area contributed by atoms with Gasteiger partial charge >= 0.3 is 0 Å². The summed E-state index contributed by atoms with van der Waals surface area (Å²) in [7, 11) is 4.02. The minimum Gasteiger partial charge on any atom is -0.492 e. The van der Waals surface area contributed by atoms with Gasteiger partial charge < -0.3 is 20.3 Å². The SMILES string of the molecule is CN(C)c1cccc(Nc2nc3ccc(C(=O)NCCOc4ccccc4)cc3s2)c1. The Balaban J connectivity index is 1.37. The lowest BCUT2D eigenvalue weighted by Crippen LogP contribution is -2.28. The monoisotopic (exact) mass is 432 g/mol. The number of hydrogen-bond acceptors (Lipinski definition) is 6. The molecule has 4 aromatic rings. The summed E-state index contributed by atoms with van der Waals surface area (Å²) in [6.45, 7) is 0.849. The predicted molar refractivity (Wildman–Crippen MR) is 128 cm³/mol. The predicted octanol–water partition coefficient (Wildman–Crippen LogP) is 4.91. The number of carbonyl (C=O) groups is 1. The van der Waals surface area contributed by atoms with Crippen LogP contribution in [0.1, 0.15) is 10.4 Å². The highest BCUT2D eigenvalue weighted by Gasteiger charge is 2.10.